The minimum absolute atomic E-state index is 0.0914. The largest absolute Gasteiger partial charge is 0.455 e. The molecule has 1 fully saturated rings. The van der Waals surface area contributed by atoms with Crippen LogP contribution in [0.15, 0.2) is 30.6 Å². The average Bonchev–Trinajstić information content (AvgIpc) is 3.08. The molecule has 0 aliphatic carbocycles. The fraction of sp³-hybridized carbons (Fsp3) is 0.435. The molecule has 0 spiro atoms. The third-order valence-electron chi connectivity index (χ3n) is 5.26. The van der Waals surface area contributed by atoms with E-state index in [2.05, 4.69) is 24.1 Å². The summed E-state index contributed by atoms with van der Waals surface area (Å²) in [6, 6.07) is 7.50. The SMILES string of the molecule is CC1CN(C(=O)c2cc3c(C(=O)OC(C)(C)C)ncn3c3ccc(Cl)cc23)CC(C)N1. The smallest absolute Gasteiger partial charge is 0.359 e. The van der Waals surface area contributed by atoms with Gasteiger partial charge in [-0.2, -0.15) is 0 Å². The first-order valence-corrected chi connectivity index (χ1v) is 10.8. The van der Waals surface area contributed by atoms with Gasteiger partial charge in [-0.25, -0.2) is 9.78 Å². The van der Waals surface area contributed by atoms with Crippen molar-refractivity contribution in [1.29, 1.82) is 0 Å². The number of nitrogens with zero attached hydrogens (tertiary/aromatic N) is 3. The number of aromatic nitrogens is 2. The third-order valence-corrected chi connectivity index (χ3v) is 5.50. The molecule has 3 heterocycles. The molecule has 8 heteroatoms. The lowest BCUT2D eigenvalue weighted by atomic mass is 10.0. The van der Waals surface area contributed by atoms with Crippen LogP contribution in [0.1, 0.15) is 55.5 Å². The molecule has 1 aliphatic heterocycles. The lowest BCUT2D eigenvalue weighted by Crippen LogP contribution is -2.55. The first kappa shape index (κ1) is 21.6. The topological polar surface area (TPSA) is 75.9 Å². The number of carbonyl (C=O) groups is 2. The Bertz CT molecular complexity index is 1170. The zero-order valence-electron chi connectivity index (χ0n) is 18.4. The van der Waals surface area contributed by atoms with Crippen LogP contribution in [0.25, 0.3) is 16.4 Å². The first-order chi connectivity index (χ1) is 14.5. The molecule has 2 atom stereocenters. The van der Waals surface area contributed by atoms with Crippen molar-refractivity contribution >= 4 is 39.9 Å². The van der Waals surface area contributed by atoms with E-state index in [1.165, 1.54) is 0 Å². The van der Waals surface area contributed by atoms with Crippen molar-refractivity contribution in [2.24, 2.45) is 0 Å². The lowest BCUT2D eigenvalue weighted by Gasteiger charge is -2.36. The van der Waals surface area contributed by atoms with Crippen LogP contribution in [-0.2, 0) is 4.74 Å². The Balaban J connectivity index is 1.88. The summed E-state index contributed by atoms with van der Waals surface area (Å²) in [5.41, 5.74) is 1.32. The number of halogens is 1. The van der Waals surface area contributed by atoms with Crippen molar-refractivity contribution in [2.45, 2.75) is 52.3 Å². The van der Waals surface area contributed by atoms with E-state index in [1.807, 2.05) is 31.7 Å². The lowest BCUT2D eigenvalue weighted by molar-refractivity contribution is 0.00656. The Hall–Kier alpha value is -2.64. The van der Waals surface area contributed by atoms with Gasteiger partial charge in [0.1, 0.15) is 11.9 Å². The number of benzene rings is 1. The molecule has 0 saturated carbocycles. The van der Waals surface area contributed by atoms with E-state index in [0.717, 1.165) is 10.9 Å². The monoisotopic (exact) mass is 442 g/mol. The summed E-state index contributed by atoms with van der Waals surface area (Å²) < 4.78 is 7.32. The average molecular weight is 443 g/mol. The second-order valence-corrected chi connectivity index (χ2v) is 9.69. The van der Waals surface area contributed by atoms with E-state index in [4.69, 9.17) is 16.3 Å². The van der Waals surface area contributed by atoms with Crippen molar-refractivity contribution in [3.63, 3.8) is 0 Å². The van der Waals surface area contributed by atoms with Crippen molar-refractivity contribution in [3.05, 3.63) is 46.9 Å². The molecule has 1 aliphatic rings. The van der Waals surface area contributed by atoms with Gasteiger partial charge in [-0.15, -0.1) is 0 Å². The number of esters is 1. The van der Waals surface area contributed by atoms with E-state index >= 15 is 0 Å². The minimum atomic E-state index is -0.650. The number of carbonyl (C=O) groups excluding carboxylic acids is 2. The van der Waals surface area contributed by atoms with Crippen LogP contribution >= 0.6 is 11.6 Å². The zero-order valence-corrected chi connectivity index (χ0v) is 19.2. The molecule has 0 radical (unpaired) electrons. The summed E-state index contributed by atoms with van der Waals surface area (Å²) in [5.74, 6) is -0.613. The fourth-order valence-corrected chi connectivity index (χ4v) is 4.33. The van der Waals surface area contributed by atoms with Crippen LogP contribution in [0.5, 0.6) is 0 Å². The Morgan fingerprint density at radius 3 is 2.45 bits per heavy atom. The van der Waals surface area contributed by atoms with Crippen molar-refractivity contribution in [2.75, 3.05) is 13.1 Å². The van der Waals surface area contributed by atoms with Gasteiger partial charge in [0.05, 0.1) is 16.6 Å². The molecule has 7 nitrogen and oxygen atoms in total. The second-order valence-electron chi connectivity index (χ2n) is 9.25. The molecule has 1 amide bonds. The van der Waals surface area contributed by atoms with Crippen LogP contribution in [-0.4, -0.2) is 56.9 Å². The summed E-state index contributed by atoms with van der Waals surface area (Å²) in [7, 11) is 0. The highest BCUT2D eigenvalue weighted by Gasteiger charge is 2.29. The number of fused-ring (bicyclic) bond motifs is 3. The summed E-state index contributed by atoms with van der Waals surface area (Å²) in [6.45, 7) is 10.8. The minimum Gasteiger partial charge on any atom is -0.455 e. The maximum absolute atomic E-state index is 13.6. The van der Waals surface area contributed by atoms with Gasteiger partial charge in [-0.3, -0.25) is 9.20 Å². The molecule has 0 bridgehead atoms. The number of piperazine rings is 1. The molecule has 1 aromatic carbocycles. The Morgan fingerprint density at radius 2 is 1.81 bits per heavy atom. The van der Waals surface area contributed by atoms with Crippen molar-refractivity contribution < 1.29 is 14.3 Å². The quantitative estimate of drug-likeness (QED) is 0.609. The zero-order chi connectivity index (χ0) is 22.5. The molecule has 31 heavy (non-hydrogen) atoms. The van der Waals surface area contributed by atoms with Crippen LogP contribution < -0.4 is 5.32 Å². The highest BCUT2D eigenvalue weighted by molar-refractivity contribution is 6.31. The van der Waals surface area contributed by atoms with Gasteiger partial charge in [-0.1, -0.05) is 11.6 Å². The van der Waals surface area contributed by atoms with E-state index < -0.39 is 11.6 Å². The highest BCUT2D eigenvalue weighted by atomic mass is 35.5. The van der Waals surface area contributed by atoms with Gasteiger partial charge < -0.3 is 15.0 Å². The van der Waals surface area contributed by atoms with E-state index in [0.29, 0.717) is 29.2 Å². The Kier molecular flexibility index (Phi) is 5.43. The molecular weight excluding hydrogens is 416 g/mol. The number of pyridine rings is 1. The number of rotatable bonds is 2. The molecule has 1 saturated heterocycles. The fourth-order valence-electron chi connectivity index (χ4n) is 4.16. The molecule has 164 valence electrons. The standard InChI is InChI=1S/C23H27ClN4O3/c1-13-10-27(11-14(2)26-13)21(29)17-9-19-20(22(30)31-23(3,4)5)25-12-28(19)18-7-6-15(24)8-16(17)18/h6-9,12-14,26H,10-11H2,1-5H3. The van der Waals surface area contributed by atoms with E-state index in [1.54, 1.807) is 28.9 Å². The second kappa shape index (κ2) is 7.80. The number of nitrogens with one attached hydrogen (secondary N) is 1. The van der Waals surface area contributed by atoms with Gasteiger partial charge in [0.15, 0.2) is 5.69 Å². The van der Waals surface area contributed by atoms with Gasteiger partial charge in [-0.05, 0) is 58.9 Å². The van der Waals surface area contributed by atoms with E-state index in [-0.39, 0.29) is 23.7 Å². The normalized spacial score (nSPS) is 19.7. The van der Waals surface area contributed by atoms with Crippen molar-refractivity contribution in [3.8, 4) is 0 Å². The van der Waals surface area contributed by atoms with Crippen LogP contribution in [0.3, 0.4) is 0 Å². The summed E-state index contributed by atoms with van der Waals surface area (Å²) in [4.78, 5) is 32.5. The molecule has 4 rings (SSSR count). The maximum atomic E-state index is 13.6. The Labute approximate surface area is 186 Å². The summed E-state index contributed by atoms with van der Waals surface area (Å²) in [6.07, 6.45) is 1.58. The highest BCUT2D eigenvalue weighted by Crippen LogP contribution is 2.29. The first-order valence-electron chi connectivity index (χ1n) is 10.4. The van der Waals surface area contributed by atoms with Gasteiger partial charge in [0.2, 0.25) is 0 Å². The molecular formula is C23H27ClN4O3. The number of imidazole rings is 1. The van der Waals surface area contributed by atoms with E-state index in [9.17, 15) is 9.59 Å². The Morgan fingerprint density at radius 1 is 1.13 bits per heavy atom. The predicted octanol–water partition coefficient (Wildman–Crippen LogP) is 3.92. The van der Waals surface area contributed by atoms with Crippen LogP contribution in [0.4, 0.5) is 0 Å². The number of hydrogen-bond acceptors (Lipinski definition) is 5. The summed E-state index contributed by atoms with van der Waals surface area (Å²) >= 11 is 6.27. The van der Waals surface area contributed by atoms with Gasteiger partial charge in [0.25, 0.3) is 5.91 Å². The predicted molar refractivity (Wildman–Crippen MR) is 121 cm³/mol. The van der Waals surface area contributed by atoms with Crippen LogP contribution in [0, 0.1) is 0 Å². The maximum Gasteiger partial charge on any atom is 0.359 e. The van der Waals surface area contributed by atoms with Gasteiger partial charge in [0, 0.05) is 35.6 Å². The third kappa shape index (κ3) is 4.25. The number of hydrogen-bond donors (Lipinski definition) is 1. The molecule has 3 aromatic rings. The van der Waals surface area contributed by atoms with Crippen LogP contribution in [0.2, 0.25) is 5.02 Å². The van der Waals surface area contributed by atoms with Gasteiger partial charge >= 0.3 is 5.97 Å². The molecule has 2 unspecified atom stereocenters. The molecule has 2 aromatic heterocycles. The van der Waals surface area contributed by atoms with Crippen molar-refractivity contribution in [1.82, 2.24) is 19.6 Å². The number of ether oxygens (including phenoxy) is 1. The summed E-state index contributed by atoms with van der Waals surface area (Å²) in [5, 5.41) is 4.70. The number of amides is 1. The molecule has 1 N–H and O–H groups in total.